The quantitative estimate of drug-likeness (QED) is 0.301. The largest absolute Gasteiger partial charge is 0.478 e. The number of fused-ring (bicyclic) bond motifs is 1. The van der Waals surface area contributed by atoms with Gasteiger partial charge in [-0.15, -0.1) is 0 Å². The van der Waals surface area contributed by atoms with Gasteiger partial charge in [0.25, 0.3) is 5.91 Å². The first-order valence-electron chi connectivity index (χ1n) is 14.6. The molecule has 3 heterocycles. The molecule has 0 bridgehead atoms. The second kappa shape index (κ2) is 14.7. The molecule has 3 aliphatic heterocycles. The van der Waals surface area contributed by atoms with Gasteiger partial charge in [0.2, 0.25) is 0 Å². The van der Waals surface area contributed by atoms with Gasteiger partial charge in [0.15, 0.2) is 6.73 Å². The first kappa shape index (κ1) is 32.8. The van der Waals surface area contributed by atoms with E-state index in [-0.39, 0.29) is 52.3 Å². The van der Waals surface area contributed by atoms with Crippen LogP contribution in [0.15, 0.2) is 60.6 Å². The number of ether oxygens (including phenoxy) is 2. The number of amides is 1. The fourth-order valence-corrected chi connectivity index (χ4v) is 6.34. The zero-order valence-electron chi connectivity index (χ0n) is 24.7. The minimum absolute atomic E-state index is 0.106. The van der Waals surface area contributed by atoms with Crippen LogP contribution in [0.2, 0.25) is 10.0 Å². The van der Waals surface area contributed by atoms with Crippen molar-refractivity contribution in [2.45, 2.75) is 6.54 Å². The Labute approximate surface area is 271 Å². The number of carbonyl (C=O) groups is 2. The summed E-state index contributed by atoms with van der Waals surface area (Å²) in [6.45, 7) is 9.22. The van der Waals surface area contributed by atoms with Gasteiger partial charge < -0.3 is 34.4 Å². The molecule has 0 spiro atoms. The molecule has 13 heteroatoms. The second-order valence-electron chi connectivity index (χ2n) is 10.9. The molecule has 2 saturated heterocycles. The predicted octanol–water partition coefficient (Wildman–Crippen LogP) is 4.27. The topological polar surface area (TPSA) is 106 Å². The van der Waals surface area contributed by atoms with Gasteiger partial charge in [0.1, 0.15) is 5.75 Å². The molecule has 2 aromatic carbocycles. The number of aliphatic hydroxyl groups is 1. The van der Waals surface area contributed by atoms with E-state index >= 15 is 0 Å². The number of aliphatic carboxylic acids is 1. The van der Waals surface area contributed by atoms with E-state index < -0.39 is 11.9 Å². The number of morpholine rings is 1. The standard InChI is InChI=1S/C32H35Cl2FN4O6/c1-21(32(42)43)28(38-10-13-44-14-11-38)15-23(18-35)25-4-2-3-22-19-39(20-45-30(22)25)31(41)29-26(33)16-24(17-27(29)34)37-7-5-36(6-8-37)9-12-40/h2-4,15-18,40H,1,5-14,19-20H2,(H,42,43)/b23-18-,28-15+. The second-order valence-corrected chi connectivity index (χ2v) is 11.7. The lowest BCUT2D eigenvalue weighted by molar-refractivity contribution is -0.132. The van der Waals surface area contributed by atoms with E-state index in [0.29, 0.717) is 56.1 Å². The number of hydrogen-bond donors (Lipinski definition) is 2. The number of hydrogen-bond acceptors (Lipinski definition) is 8. The molecule has 0 aromatic heterocycles. The summed E-state index contributed by atoms with van der Waals surface area (Å²) in [7, 11) is 0. The highest BCUT2D eigenvalue weighted by Gasteiger charge is 2.30. The van der Waals surface area contributed by atoms with Crippen LogP contribution >= 0.6 is 23.2 Å². The molecule has 240 valence electrons. The molecule has 0 saturated carbocycles. The minimum Gasteiger partial charge on any atom is -0.478 e. The summed E-state index contributed by atoms with van der Waals surface area (Å²) in [4.78, 5) is 33.1. The molecule has 5 rings (SSSR count). The van der Waals surface area contributed by atoms with Crippen molar-refractivity contribution in [3.63, 3.8) is 0 Å². The van der Waals surface area contributed by atoms with Crippen LogP contribution in [0.3, 0.4) is 0 Å². The molecule has 0 aliphatic carbocycles. The van der Waals surface area contributed by atoms with Crippen LogP contribution in [0.1, 0.15) is 21.5 Å². The van der Waals surface area contributed by atoms with Crippen LogP contribution in [0, 0.1) is 0 Å². The molecule has 0 unspecified atom stereocenters. The lowest BCUT2D eigenvalue weighted by atomic mass is 9.98. The summed E-state index contributed by atoms with van der Waals surface area (Å²) in [5, 5.41) is 19.3. The average molecular weight is 662 g/mol. The van der Waals surface area contributed by atoms with Gasteiger partial charge in [-0.2, -0.15) is 0 Å². The van der Waals surface area contributed by atoms with Crippen molar-refractivity contribution in [1.82, 2.24) is 14.7 Å². The third-order valence-electron chi connectivity index (χ3n) is 8.14. The van der Waals surface area contributed by atoms with Crippen molar-refractivity contribution in [3.05, 3.63) is 87.3 Å². The molecular formula is C32H35Cl2FN4O6. The fourth-order valence-electron chi connectivity index (χ4n) is 5.71. The molecule has 3 aliphatic rings. The van der Waals surface area contributed by atoms with E-state index in [1.165, 1.54) is 11.0 Å². The Kier molecular flexibility index (Phi) is 10.7. The van der Waals surface area contributed by atoms with E-state index in [9.17, 15) is 24.2 Å². The summed E-state index contributed by atoms with van der Waals surface area (Å²) in [6.07, 6.45) is 1.85. The Morgan fingerprint density at radius 3 is 2.33 bits per heavy atom. The maximum absolute atomic E-state index is 14.4. The number of benzene rings is 2. The average Bonchev–Trinajstić information content (AvgIpc) is 3.05. The third kappa shape index (κ3) is 7.29. The van der Waals surface area contributed by atoms with Gasteiger partial charge in [-0.05, 0) is 18.2 Å². The summed E-state index contributed by atoms with van der Waals surface area (Å²) in [6, 6.07) is 8.65. The first-order valence-corrected chi connectivity index (χ1v) is 15.4. The molecule has 0 radical (unpaired) electrons. The number of allylic oxidation sites excluding steroid dienone is 2. The lowest BCUT2D eigenvalue weighted by Crippen LogP contribution is -2.47. The van der Waals surface area contributed by atoms with Crippen molar-refractivity contribution < 1.29 is 33.7 Å². The van der Waals surface area contributed by atoms with Gasteiger partial charge in [-0.25, -0.2) is 9.18 Å². The Hall–Kier alpha value is -3.61. The van der Waals surface area contributed by atoms with Crippen LogP contribution in [0.5, 0.6) is 5.75 Å². The van der Waals surface area contributed by atoms with Crippen molar-refractivity contribution in [2.24, 2.45) is 0 Å². The van der Waals surface area contributed by atoms with Crippen molar-refractivity contribution >= 4 is 46.3 Å². The van der Waals surface area contributed by atoms with Crippen LogP contribution < -0.4 is 9.64 Å². The number of carbonyl (C=O) groups excluding carboxylic acids is 1. The zero-order valence-corrected chi connectivity index (χ0v) is 26.2. The number of piperazine rings is 1. The SMILES string of the molecule is C=C(C(=O)O)/C(=C\C(=C\F)c1cccc2c1OCN(C(=O)c1c(Cl)cc(N3CCN(CCO)CC3)cc1Cl)C2)N1CCOCC1. The molecule has 45 heavy (non-hydrogen) atoms. The molecule has 2 fully saturated rings. The normalized spacial score (nSPS) is 18.0. The third-order valence-corrected chi connectivity index (χ3v) is 8.74. The molecule has 2 N–H and O–H groups in total. The minimum atomic E-state index is -1.21. The molecule has 2 aromatic rings. The van der Waals surface area contributed by atoms with E-state index in [4.69, 9.17) is 32.7 Å². The summed E-state index contributed by atoms with van der Waals surface area (Å²) < 4.78 is 25.9. The number of anilines is 1. The van der Waals surface area contributed by atoms with Crippen molar-refractivity contribution in [1.29, 1.82) is 0 Å². The number of carboxylic acid groups (broad SMARTS) is 1. The number of halogens is 3. The van der Waals surface area contributed by atoms with E-state index in [1.807, 2.05) is 0 Å². The van der Waals surface area contributed by atoms with E-state index in [2.05, 4.69) is 16.4 Å². The van der Waals surface area contributed by atoms with Crippen LogP contribution in [-0.4, -0.2) is 109 Å². The highest BCUT2D eigenvalue weighted by molar-refractivity contribution is 6.40. The molecule has 10 nitrogen and oxygen atoms in total. The maximum atomic E-state index is 14.4. The summed E-state index contributed by atoms with van der Waals surface area (Å²) in [5.74, 6) is -1.23. The number of aliphatic hydroxyl groups excluding tert-OH is 1. The number of para-hydroxylation sites is 1. The van der Waals surface area contributed by atoms with Gasteiger partial charge in [0.05, 0.1) is 59.6 Å². The lowest BCUT2D eigenvalue weighted by Gasteiger charge is -2.36. The predicted molar refractivity (Wildman–Crippen MR) is 170 cm³/mol. The van der Waals surface area contributed by atoms with Crippen molar-refractivity contribution in [2.75, 3.05) is 77.3 Å². The number of nitrogens with zero attached hydrogens (tertiary/aromatic N) is 4. The summed E-state index contributed by atoms with van der Waals surface area (Å²) >= 11 is 13.3. The van der Waals surface area contributed by atoms with E-state index in [1.54, 1.807) is 35.2 Å². The van der Waals surface area contributed by atoms with Crippen LogP contribution in [-0.2, 0) is 16.1 Å². The van der Waals surface area contributed by atoms with Gasteiger partial charge in [-0.1, -0.05) is 48.0 Å². The maximum Gasteiger partial charge on any atom is 0.337 e. The Morgan fingerprint density at radius 1 is 1.02 bits per heavy atom. The fraction of sp³-hybridized carbons (Fsp3) is 0.375. The zero-order chi connectivity index (χ0) is 32.1. The first-order chi connectivity index (χ1) is 21.7. The molecular weight excluding hydrogens is 626 g/mol. The number of β-amino-alcohol motifs (C(OH)–C–C–N with tert-alkyl or cyclic N) is 1. The van der Waals surface area contributed by atoms with Crippen LogP contribution in [0.4, 0.5) is 10.1 Å². The van der Waals surface area contributed by atoms with Gasteiger partial charge >= 0.3 is 5.97 Å². The van der Waals surface area contributed by atoms with E-state index in [0.717, 1.165) is 31.9 Å². The highest BCUT2D eigenvalue weighted by Crippen LogP contribution is 2.38. The molecule has 0 atom stereocenters. The smallest absolute Gasteiger partial charge is 0.337 e. The Morgan fingerprint density at radius 2 is 1.71 bits per heavy atom. The highest BCUT2D eigenvalue weighted by atomic mass is 35.5. The monoisotopic (exact) mass is 660 g/mol. The molecule has 1 amide bonds. The summed E-state index contributed by atoms with van der Waals surface area (Å²) in [5.41, 5.74) is 2.24. The number of rotatable bonds is 9. The van der Waals surface area contributed by atoms with Crippen LogP contribution in [0.25, 0.3) is 5.57 Å². The number of carboxylic acids is 1. The Bertz CT molecular complexity index is 1500. The Balaban J connectivity index is 1.36. The van der Waals surface area contributed by atoms with Gasteiger partial charge in [0, 0.05) is 68.2 Å². The van der Waals surface area contributed by atoms with Gasteiger partial charge in [-0.3, -0.25) is 9.69 Å². The van der Waals surface area contributed by atoms with Crippen molar-refractivity contribution in [3.8, 4) is 5.75 Å².